The van der Waals surface area contributed by atoms with Crippen LogP contribution in [0.15, 0.2) is 0 Å². The average molecular weight is 366 g/mol. The van der Waals surface area contributed by atoms with Crippen molar-refractivity contribution in [2.24, 2.45) is 11.5 Å². The Labute approximate surface area is 154 Å². The molecule has 0 amide bonds. The van der Waals surface area contributed by atoms with Crippen molar-refractivity contribution in [1.29, 1.82) is 0 Å². The van der Waals surface area contributed by atoms with Gasteiger partial charge in [-0.2, -0.15) is 0 Å². The lowest BCUT2D eigenvalue weighted by molar-refractivity contribution is -0.138. The van der Waals surface area contributed by atoms with Gasteiger partial charge < -0.3 is 16.6 Å². The average Bonchev–Trinajstić information content (AvgIpc) is 2.47. The van der Waals surface area contributed by atoms with E-state index in [2.05, 4.69) is 6.92 Å². The van der Waals surface area contributed by atoms with Crippen molar-refractivity contribution < 1.29 is 9.90 Å². The monoisotopic (exact) mass is 365 g/mol. The first-order valence-electron chi connectivity index (χ1n) is 9.51. The molecule has 0 heterocycles. The number of hydrogen-bond donors (Lipinski definition) is 3. The lowest BCUT2D eigenvalue weighted by Crippen LogP contribution is -2.45. The summed E-state index contributed by atoms with van der Waals surface area (Å²) in [6.45, 7) is 3.51. The van der Waals surface area contributed by atoms with Crippen LogP contribution in [0.3, 0.4) is 0 Å². The largest absolute Gasteiger partial charge is 0.480 e. The maximum atomic E-state index is 10.8. The van der Waals surface area contributed by atoms with E-state index in [0.717, 1.165) is 19.4 Å². The fourth-order valence-corrected chi connectivity index (χ4v) is 2.90. The molecule has 5 nitrogen and oxygen atoms in total. The van der Waals surface area contributed by atoms with Gasteiger partial charge in [-0.1, -0.05) is 77.6 Å². The Morgan fingerprint density at radius 1 is 0.875 bits per heavy atom. The molecule has 0 aromatic rings. The van der Waals surface area contributed by atoms with Gasteiger partial charge in [-0.15, -0.1) is 12.4 Å². The van der Waals surface area contributed by atoms with Gasteiger partial charge in [-0.3, -0.25) is 9.69 Å². The summed E-state index contributed by atoms with van der Waals surface area (Å²) in [7, 11) is 0. The van der Waals surface area contributed by atoms with E-state index in [0.29, 0.717) is 6.54 Å². The summed E-state index contributed by atoms with van der Waals surface area (Å²) < 4.78 is 0. The number of hydrogen-bond acceptors (Lipinski definition) is 4. The van der Waals surface area contributed by atoms with Crippen molar-refractivity contribution in [2.45, 2.75) is 90.1 Å². The fourth-order valence-electron chi connectivity index (χ4n) is 2.90. The lowest BCUT2D eigenvalue weighted by Gasteiger charge is -2.21. The van der Waals surface area contributed by atoms with E-state index in [9.17, 15) is 4.79 Å². The summed E-state index contributed by atoms with van der Waals surface area (Å²) in [5.74, 6) is -0.815. The Balaban J connectivity index is 0. The summed E-state index contributed by atoms with van der Waals surface area (Å²) in [5, 5.41) is 8.86. The molecule has 0 bridgehead atoms. The lowest BCUT2D eigenvalue weighted by atomic mass is 10.1. The van der Waals surface area contributed by atoms with Gasteiger partial charge in [0, 0.05) is 6.54 Å². The molecule has 0 spiro atoms. The molecule has 0 aromatic heterocycles. The first-order chi connectivity index (χ1) is 11.1. The molecule has 0 atom stereocenters. The van der Waals surface area contributed by atoms with Gasteiger partial charge in [0.2, 0.25) is 0 Å². The van der Waals surface area contributed by atoms with Gasteiger partial charge in [0.25, 0.3) is 0 Å². The zero-order chi connectivity index (χ0) is 17.3. The number of carboxylic acids is 1. The van der Waals surface area contributed by atoms with E-state index in [1.54, 1.807) is 0 Å². The van der Waals surface area contributed by atoms with E-state index in [1.165, 1.54) is 64.2 Å². The van der Waals surface area contributed by atoms with Crippen molar-refractivity contribution in [1.82, 2.24) is 4.90 Å². The zero-order valence-corrected chi connectivity index (χ0v) is 16.4. The van der Waals surface area contributed by atoms with Crippen LogP contribution < -0.4 is 11.5 Å². The van der Waals surface area contributed by atoms with Crippen LogP contribution in [0.5, 0.6) is 0 Å². The smallest absolute Gasteiger partial charge is 0.317 e. The molecule has 0 saturated heterocycles. The van der Waals surface area contributed by atoms with Crippen LogP contribution >= 0.6 is 12.4 Å². The minimum Gasteiger partial charge on any atom is -0.480 e. The molecule has 6 heteroatoms. The Kier molecular flexibility index (Phi) is 20.5. The quantitative estimate of drug-likeness (QED) is 0.269. The van der Waals surface area contributed by atoms with E-state index in [4.69, 9.17) is 16.6 Å². The van der Waals surface area contributed by atoms with Crippen molar-refractivity contribution in [3.63, 3.8) is 0 Å². The summed E-state index contributed by atoms with van der Waals surface area (Å²) >= 11 is 0. The highest BCUT2D eigenvalue weighted by molar-refractivity contribution is 5.85. The molecule has 0 aliphatic carbocycles. The van der Waals surface area contributed by atoms with E-state index < -0.39 is 12.1 Å². The number of halogens is 1. The number of carbonyl (C=O) groups is 1. The molecular formula is C18H40ClN3O2. The second kappa shape index (κ2) is 19.0. The fraction of sp³-hybridized carbons (Fsp3) is 0.944. The van der Waals surface area contributed by atoms with Crippen LogP contribution in [0.4, 0.5) is 0 Å². The van der Waals surface area contributed by atoms with Gasteiger partial charge in [-0.05, 0) is 13.0 Å². The summed E-state index contributed by atoms with van der Waals surface area (Å²) in [4.78, 5) is 12.6. The first-order valence-corrected chi connectivity index (χ1v) is 9.51. The van der Waals surface area contributed by atoms with E-state index in [1.807, 2.05) is 4.90 Å². The minimum absolute atomic E-state index is 0. The van der Waals surface area contributed by atoms with Crippen molar-refractivity contribution in [3.05, 3.63) is 0 Å². The summed E-state index contributed by atoms with van der Waals surface area (Å²) in [5.41, 5.74) is 11.1. The predicted octanol–water partition coefficient (Wildman–Crippen LogP) is 3.74. The number of aliphatic carboxylic acids is 1. The number of rotatable bonds is 17. The van der Waals surface area contributed by atoms with Gasteiger partial charge in [0.05, 0.1) is 12.7 Å². The molecule has 24 heavy (non-hydrogen) atoms. The molecule has 0 unspecified atom stereocenters. The van der Waals surface area contributed by atoms with E-state index >= 15 is 0 Å². The Hall–Kier alpha value is -0.360. The van der Waals surface area contributed by atoms with E-state index in [-0.39, 0.29) is 19.0 Å². The number of nitrogens with two attached hydrogens (primary N) is 2. The van der Waals surface area contributed by atoms with Crippen molar-refractivity contribution >= 4 is 18.4 Å². The second-order valence-electron chi connectivity index (χ2n) is 6.68. The Morgan fingerprint density at radius 2 is 1.29 bits per heavy atom. The highest BCUT2D eigenvalue weighted by atomic mass is 35.5. The summed E-state index contributed by atoms with van der Waals surface area (Å²) in [6.07, 6.45) is 15.2. The maximum Gasteiger partial charge on any atom is 0.317 e. The third-order valence-electron chi connectivity index (χ3n) is 4.16. The van der Waals surface area contributed by atoms with Gasteiger partial charge in [0.15, 0.2) is 0 Å². The normalized spacial score (nSPS) is 11.0. The molecule has 0 aliphatic rings. The first kappa shape index (κ1) is 25.9. The topological polar surface area (TPSA) is 92.6 Å². The zero-order valence-electron chi connectivity index (χ0n) is 15.5. The molecule has 0 aliphatic heterocycles. The highest BCUT2D eigenvalue weighted by Gasteiger charge is 2.11. The molecule has 0 radical (unpaired) electrons. The Bertz CT molecular complexity index is 279. The Morgan fingerprint density at radius 3 is 1.67 bits per heavy atom. The standard InChI is InChI=1S/C18H39N3O2.ClH/c1-2-3-4-5-6-7-8-9-10-11-12-13-14-21(15-17(19)20)16-18(22)23;/h17H,2-16,19-20H2,1H3,(H,22,23);1H. The molecular weight excluding hydrogens is 326 g/mol. The van der Waals surface area contributed by atoms with Gasteiger partial charge in [-0.25, -0.2) is 0 Å². The third-order valence-corrected chi connectivity index (χ3v) is 4.16. The highest BCUT2D eigenvalue weighted by Crippen LogP contribution is 2.12. The SMILES string of the molecule is CCCCCCCCCCCCCCN(CC(=O)O)CC(N)N.Cl. The van der Waals surface area contributed by atoms with Gasteiger partial charge in [0.1, 0.15) is 0 Å². The van der Waals surface area contributed by atoms with Gasteiger partial charge >= 0.3 is 5.97 Å². The number of unbranched alkanes of at least 4 members (excludes halogenated alkanes) is 11. The van der Waals surface area contributed by atoms with Crippen LogP contribution in [0, 0.1) is 0 Å². The molecule has 146 valence electrons. The maximum absolute atomic E-state index is 10.8. The van der Waals surface area contributed by atoms with Crippen molar-refractivity contribution in [2.75, 3.05) is 19.6 Å². The molecule has 0 aromatic carbocycles. The second-order valence-corrected chi connectivity index (χ2v) is 6.68. The number of nitrogens with zero attached hydrogens (tertiary/aromatic N) is 1. The van der Waals surface area contributed by atoms with Crippen LogP contribution in [-0.4, -0.2) is 41.8 Å². The molecule has 0 saturated carbocycles. The molecule has 0 fully saturated rings. The predicted molar refractivity (Wildman–Crippen MR) is 105 cm³/mol. The molecule has 5 N–H and O–H groups in total. The van der Waals surface area contributed by atoms with Crippen LogP contribution in [-0.2, 0) is 4.79 Å². The van der Waals surface area contributed by atoms with Crippen molar-refractivity contribution in [3.8, 4) is 0 Å². The molecule has 0 rings (SSSR count). The summed E-state index contributed by atoms with van der Waals surface area (Å²) in [6, 6.07) is 0. The van der Waals surface area contributed by atoms with Crippen LogP contribution in [0.1, 0.15) is 84.0 Å². The minimum atomic E-state index is -0.815. The van der Waals surface area contributed by atoms with Crippen LogP contribution in [0.25, 0.3) is 0 Å². The third kappa shape index (κ3) is 19.7. The number of carboxylic acid groups (broad SMARTS) is 1. The van der Waals surface area contributed by atoms with Crippen LogP contribution in [0.2, 0.25) is 0 Å².